The van der Waals surface area contributed by atoms with Crippen LogP contribution in [0.25, 0.3) is 0 Å². The second-order valence-electron chi connectivity index (χ2n) is 8.67. The summed E-state index contributed by atoms with van der Waals surface area (Å²) in [6, 6.07) is 0. The van der Waals surface area contributed by atoms with Crippen molar-refractivity contribution < 1.29 is 50.7 Å². The number of aromatic nitrogens is 2. The minimum absolute atomic E-state index is 0.801. The minimum atomic E-state index is -5.08. The molecule has 0 amide bonds. The number of carbonyl (C=O) groups is 2. The van der Waals surface area contributed by atoms with Crippen molar-refractivity contribution >= 4 is 23.3 Å². The van der Waals surface area contributed by atoms with E-state index in [9.17, 15) is 26.3 Å². The van der Waals surface area contributed by atoms with Gasteiger partial charge >= 0.3 is 24.3 Å². The Morgan fingerprint density at radius 3 is 1.70 bits per heavy atom. The van der Waals surface area contributed by atoms with E-state index < -0.39 is 24.3 Å². The molecule has 2 aromatic rings. The van der Waals surface area contributed by atoms with Gasteiger partial charge in [0.15, 0.2) is 0 Å². The smallest absolute Gasteiger partial charge is 0.475 e. The van der Waals surface area contributed by atoms with Crippen LogP contribution < -0.4 is 0 Å². The van der Waals surface area contributed by atoms with Gasteiger partial charge in [0.2, 0.25) is 0 Å². The van der Waals surface area contributed by atoms with Gasteiger partial charge in [-0.2, -0.15) is 26.3 Å². The Bertz CT molecular complexity index is 1010. The molecule has 0 aliphatic carbocycles. The summed E-state index contributed by atoms with van der Waals surface area (Å²) in [5, 5.41) is 21.7. The molecule has 2 aliphatic rings. The van der Waals surface area contributed by atoms with Crippen LogP contribution in [0.2, 0.25) is 0 Å². The van der Waals surface area contributed by atoms with Crippen molar-refractivity contribution in [3.8, 4) is 0 Å². The van der Waals surface area contributed by atoms with Gasteiger partial charge in [-0.05, 0) is 32.6 Å². The normalized spacial score (nSPS) is 20.0. The Labute approximate surface area is 211 Å². The highest BCUT2D eigenvalue weighted by Gasteiger charge is 2.40. The number of thiazole rings is 1. The van der Waals surface area contributed by atoms with Crippen LogP contribution in [-0.2, 0) is 22.7 Å². The van der Waals surface area contributed by atoms with Crippen LogP contribution in [0.4, 0.5) is 26.3 Å². The van der Waals surface area contributed by atoms with E-state index in [-0.39, 0.29) is 0 Å². The van der Waals surface area contributed by atoms with Gasteiger partial charge in [-0.3, -0.25) is 9.80 Å². The lowest BCUT2D eigenvalue weighted by Gasteiger charge is -2.20. The maximum Gasteiger partial charge on any atom is 0.490 e. The number of aryl methyl sites for hydroxylation is 3. The maximum atomic E-state index is 10.6. The summed E-state index contributed by atoms with van der Waals surface area (Å²) in [5.74, 6) is -2.94. The Balaban J connectivity index is 0.000000286. The molecule has 9 nitrogen and oxygen atoms in total. The van der Waals surface area contributed by atoms with E-state index >= 15 is 0 Å². The van der Waals surface area contributed by atoms with Crippen molar-refractivity contribution in [2.45, 2.75) is 46.2 Å². The molecular weight excluding hydrogens is 534 g/mol. The topological polar surface area (TPSA) is 120 Å². The Morgan fingerprint density at radius 2 is 1.38 bits per heavy atom. The molecule has 4 heterocycles. The number of likely N-dealkylation sites (tertiary alicyclic amines) is 2. The minimum Gasteiger partial charge on any atom is -0.475 e. The number of hydrogen-bond acceptors (Lipinski definition) is 8. The molecule has 0 spiro atoms. The van der Waals surface area contributed by atoms with Gasteiger partial charge < -0.3 is 14.7 Å². The summed E-state index contributed by atoms with van der Waals surface area (Å²) in [6.45, 7) is 12.9. The van der Waals surface area contributed by atoms with Gasteiger partial charge in [-0.25, -0.2) is 14.6 Å². The first-order chi connectivity index (χ1) is 17.0. The van der Waals surface area contributed by atoms with E-state index in [2.05, 4.69) is 32.2 Å². The quantitative estimate of drug-likeness (QED) is 0.537. The third-order valence-electron chi connectivity index (χ3n) is 5.74. The number of halogens is 6. The highest BCUT2D eigenvalue weighted by Crippen LogP contribution is 2.33. The van der Waals surface area contributed by atoms with Crippen molar-refractivity contribution in [1.29, 1.82) is 0 Å². The fourth-order valence-electron chi connectivity index (χ4n) is 4.11. The van der Waals surface area contributed by atoms with Crippen LogP contribution in [0, 0.1) is 32.6 Å². The number of rotatable bonds is 4. The molecule has 0 saturated carbocycles. The van der Waals surface area contributed by atoms with Crippen molar-refractivity contribution in [3.63, 3.8) is 0 Å². The SMILES string of the molecule is Cc1nc(CN2C[C@@H]3CN(Cc4c(C)noc4C)C[C@@H]3C2)cs1.O=C(O)C(F)(F)F.O=C(O)C(F)(F)F. The van der Waals surface area contributed by atoms with Crippen molar-refractivity contribution in [1.82, 2.24) is 19.9 Å². The van der Waals surface area contributed by atoms with Gasteiger partial charge in [-0.15, -0.1) is 11.3 Å². The monoisotopic (exact) mass is 560 g/mol. The zero-order valence-electron chi connectivity index (χ0n) is 20.1. The third-order valence-corrected chi connectivity index (χ3v) is 6.56. The van der Waals surface area contributed by atoms with Crippen LogP contribution >= 0.6 is 11.3 Å². The number of hydrogen-bond donors (Lipinski definition) is 2. The zero-order chi connectivity index (χ0) is 28.1. The van der Waals surface area contributed by atoms with Crippen LogP contribution in [0.3, 0.4) is 0 Å². The molecular formula is C21H26F6N4O5S. The van der Waals surface area contributed by atoms with Crippen molar-refractivity contribution in [3.05, 3.63) is 33.1 Å². The van der Waals surface area contributed by atoms with E-state index in [0.29, 0.717) is 0 Å². The maximum absolute atomic E-state index is 10.6. The lowest BCUT2D eigenvalue weighted by molar-refractivity contribution is -0.193. The lowest BCUT2D eigenvalue weighted by atomic mass is 10.0. The summed E-state index contributed by atoms with van der Waals surface area (Å²) < 4.78 is 68.8. The molecule has 0 unspecified atom stereocenters. The Morgan fingerprint density at radius 1 is 0.946 bits per heavy atom. The van der Waals surface area contributed by atoms with Gasteiger partial charge in [0.1, 0.15) is 5.76 Å². The molecule has 0 radical (unpaired) electrons. The Kier molecular flexibility index (Phi) is 10.1. The van der Waals surface area contributed by atoms with E-state index in [4.69, 9.17) is 24.3 Å². The Hall–Kier alpha value is -2.72. The molecule has 2 N–H and O–H groups in total. The predicted molar refractivity (Wildman–Crippen MR) is 118 cm³/mol. The molecule has 4 rings (SSSR count). The summed E-state index contributed by atoms with van der Waals surface area (Å²) in [5.41, 5.74) is 3.56. The van der Waals surface area contributed by atoms with Gasteiger partial charge in [-0.1, -0.05) is 5.16 Å². The average Bonchev–Trinajstić information content (AvgIpc) is 3.50. The van der Waals surface area contributed by atoms with Crippen LogP contribution in [0.15, 0.2) is 9.90 Å². The fraction of sp³-hybridized carbons (Fsp3) is 0.619. The summed E-state index contributed by atoms with van der Waals surface area (Å²) in [6.07, 6.45) is -10.2. The second kappa shape index (κ2) is 12.2. The van der Waals surface area contributed by atoms with Crippen LogP contribution in [0.1, 0.15) is 27.7 Å². The average molecular weight is 561 g/mol. The van der Waals surface area contributed by atoms with Gasteiger partial charge in [0.25, 0.3) is 0 Å². The number of aliphatic carboxylic acids is 2. The first-order valence-electron chi connectivity index (χ1n) is 10.8. The molecule has 0 bridgehead atoms. The summed E-state index contributed by atoms with van der Waals surface area (Å²) in [4.78, 5) is 27.5. The van der Waals surface area contributed by atoms with Gasteiger partial charge in [0, 0.05) is 50.2 Å². The molecule has 2 aliphatic heterocycles. The summed E-state index contributed by atoms with van der Waals surface area (Å²) >= 11 is 1.75. The van der Waals surface area contributed by atoms with Gasteiger partial charge in [0.05, 0.1) is 16.4 Å². The van der Waals surface area contributed by atoms with E-state index in [1.807, 2.05) is 13.8 Å². The first kappa shape index (κ1) is 30.5. The second-order valence-corrected chi connectivity index (χ2v) is 9.74. The van der Waals surface area contributed by atoms with Crippen LogP contribution in [0.5, 0.6) is 0 Å². The number of nitrogens with zero attached hydrogens (tertiary/aromatic N) is 4. The van der Waals surface area contributed by atoms with E-state index in [0.717, 1.165) is 36.4 Å². The molecule has 208 valence electrons. The number of carboxylic acid groups (broad SMARTS) is 2. The molecule has 2 fully saturated rings. The molecule has 16 heteroatoms. The predicted octanol–water partition coefficient (Wildman–Crippen LogP) is 3.89. The number of carboxylic acids is 2. The number of alkyl halides is 6. The van der Waals surface area contributed by atoms with E-state index in [1.165, 1.54) is 42.4 Å². The van der Waals surface area contributed by atoms with Crippen LogP contribution in [-0.4, -0.2) is 80.6 Å². The summed E-state index contributed by atoms with van der Waals surface area (Å²) in [7, 11) is 0. The number of fused-ring (bicyclic) bond motifs is 1. The largest absolute Gasteiger partial charge is 0.490 e. The third kappa shape index (κ3) is 9.27. The first-order valence-corrected chi connectivity index (χ1v) is 11.7. The fourth-order valence-corrected chi connectivity index (χ4v) is 4.71. The highest BCUT2D eigenvalue weighted by atomic mass is 32.1. The van der Waals surface area contributed by atoms with Crippen molar-refractivity contribution in [2.75, 3.05) is 26.2 Å². The molecule has 37 heavy (non-hydrogen) atoms. The van der Waals surface area contributed by atoms with Crippen molar-refractivity contribution in [2.24, 2.45) is 11.8 Å². The lowest BCUT2D eigenvalue weighted by Crippen LogP contribution is -2.28. The molecule has 2 atom stereocenters. The molecule has 0 aromatic carbocycles. The molecule has 2 saturated heterocycles. The zero-order valence-corrected chi connectivity index (χ0v) is 20.9. The standard InChI is InChI=1S/C17H24N4OS.2C2HF3O2/c1-11-17(12(2)22-19-11)9-21-6-14-4-20(5-15(14)7-21)8-16-10-23-13(3)18-16;2*3-2(4,5)1(6)7/h10,14-15H,4-9H2,1-3H3;2*(H,6,7)/t14-,15+;;. The molecule has 2 aromatic heterocycles. The van der Waals surface area contributed by atoms with E-state index in [1.54, 1.807) is 11.3 Å². The highest BCUT2D eigenvalue weighted by molar-refractivity contribution is 7.09.